The molecule has 0 bridgehead atoms. The number of benzene rings is 1. The summed E-state index contributed by atoms with van der Waals surface area (Å²) < 4.78 is 3.81. The van der Waals surface area contributed by atoms with Crippen molar-refractivity contribution < 1.29 is 9.59 Å². The summed E-state index contributed by atoms with van der Waals surface area (Å²) in [4.78, 5) is 26.3. The number of fused-ring (bicyclic) bond motifs is 1. The Kier molecular flexibility index (Phi) is 2.45. The van der Waals surface area contributed by atoms with Gasteiger partial charge in [0.2, 0.25) is 0 Å². The molecule has 1 aromatic heterocycles. The van der Waals surface area contributed by atoms with Crippen LogP contribution in [-0.2, 0) is 6.54 Å². The molecule has 0 radical (unpaired) electrons. The topological polar surface area (TPSA) is 63.2 Å². The summed E-state index contributed by atoms with van der Waals surface area (Å²) >= 11 is 1.21. The summed E-state index contributed by atoms with van der Waals surface area (Å²) in [5.41, 5.74) is 1.70. The van der Waals surface area contributed by atoms with E-state index in [1.54, 1.807) is 24.3 Å². The molecule has 0 saturated heterocycles. The fourth-order valence-electron chi connectivity index (χ4n) is 1.92. The number of nitrogens with zero attached hydrogens (tertiary/aromatic N) is 3. The normalized spacial score (nSPS) is 14.2. The minimum absolute atomic E-state index is 0.246. The van der Waals surface area contributed by atoms with Crippen molar-refractivity contribution in [3.8, 4) is 0 Å². The van der Waals surface area contributed by atoms with E-state index in [4.69, 9.17) is 0 Å². The Morgan fingerprint density at radius 2 is 1.78 bits per heavy atom. The average Bonchev–Trinajstić information content (AvgIpc) is 2.89. The molecule has 0 aliphatic carbocycles. The van der Waals surface area contributed by atoms with Gasteiger partial charge in [-0.15, -0.1) is 5.10 Å². The van der Waals surface area contributed by atoms with Crippen LogP contribution in [0.2, 0.25) is 0 Å². The predicted octanol–water partition coefficient (Wildman–Crippen LogP) is 1.64. The van der Waals surface area contributed by atoms with Crippen LogP contribution in [0.4, 0.5) is 0 Å². The summed E-state index contributed by atoms with van der Waals surface area (Å²) in [6.07, 6.45) is 0. The summed E-state index contributed by atoms with van der Waals surface area (Å²) in [5.74, 6) is -0.494. The number of rotatable bonds is 2. The highest BCUT2D eigenvalue weighted by Crippen LogP contribution is 2.25. The molecule has 1 aliphatic rings. The zero-order valence-electron chi connectivity index (χ0n) is 9.58. The van der Waals surface area contributed by atoms with E-state index in [0.717, 1.165) is 10.6 Å². The van der Waals surface area contributed by atoms with Crippen LogP contribution in [0, 0.1) is 6.92 Å². The van der Waals surface area contributed by atoms with E-state index in [1.165, 1.54) is 16.4 Å². The van der Waals surface area contributed by atoms with Gasteiger partial charge in [0.25, 0.3) is 11.8 Å². The molecule has 0 N–H and O–H groups in total. The molecule has 0 saturated carbocycles. The monoisotopic (exact) mass is 259 g/mol. The van der Waals surface area contributed by atoms with Crippen molar-refractivity contribution in [2.75, 3.05) is 0 Å². The van der Waals surface area contributed by atoms with Crippen LogP contribution in [0.5, 0.6) is 0 Å². The van der Waals surface area contributed by atoms with Gasteiger partial charge in [0.05, 0.1) is 28.2 Å². The number of aromatic nitrogens is 2. The number of hydrogen-bond acceptors (Lipinski definition) is 5. The molecule has 6 heteroatoms. The molecule has 1 aliphatic heterocycles. The second kappa shape index (κ2) is 3.99. The predicted molar refractivity (Wildman–Crippen MR) is 65.3 cm³/mol. The van der Waals surface area contributed by atoms with Gasteiger partial charge in [0.15, 0.2) is 0 Å². The number of amides is 2. The molecule has 0 unspecified atom stereocenters. The van der Waals surface area contributed by atoms with Crippen LogP contribution in [-0.4, -0.2) is 26.3 Å². The van der Waals surface area contributed by atoms with Crippen molar-refractivity contribution in [2.24, 2.45) is 0 Å². The second-order valence-corrected chi connectivity index (χ2v) is 4.86. The lowest BCUT2D eigenvalue weighted by Crippen LogP contribution is -2.28. The number of carbonyl (C=O) groups excluding carboxylic acids is 2. The van der Waals surface area contributed by atoms with E-state index in [0.29, 0.717) is 11.1 Å². The summed E-state index contributed by atoms with van der Waals surface area (Å²) in [6.45, 7) is 2.06. The van der Waals surface area contributed by atoms with Crippen molar-refractivity contribution >= 4 is 23.3 Å². The van der Waals surface area contributed by atoms with Crippen LogP contribution >= 0.6 is 11.5 Å². The summed E-state index contributed by atoms with van der Waals surface area (Å²) in [6, 6.07) is 6.86. The SMILES string of the molecule is Cc1nnsc1CN1C(=O)c2ccccc2C1=O. The lowest BCUT2D eigenvalue weighted by atomic mass is 10.1. The third-order valence-corrected chi connectivity index (χ3v) is 3.73. The average molecular weight is 259 g/mol. The Bertz CT molecular complexity index is 615. The third-order valence-electron chi connectivity index (χ3n) is 2.93. The number of hydrogen-bond donors (Lipinski definition) is 0. The van der Waals surface area contributed by atoms with Gasteiger partial charge in [0.1, 0.15) is 0 Å². The highest BCUT2D eigenvalue weighted by atomic mass is 32.1. The fourth-order valence-corrected chi connectivity index (χ4v) is 2.54. The largest absolute Gasteiger partial charge is 0.269 e. The van der Waals surface area contributed by atoms with Gasteiger partial charge in [0, 0.05) is 0 Å². The van der Waals surface area contributed by atoms with Gasteiger partial charge >= 0.3 is 0 Å². The van der Waals surface area contributed by atoms with E-state index in [9.17, 15) is 9.59 Å². The van der Waals surface area contributed by atoms with Gasteiger partial charge in [-0.3, -0.25) is 14.5 Å². The zero-order valence-corrected chi connectivity index (χ0v) is 10.4. The van der Waals surface area contributed by atoms with Crippen LogP contribution in [0.1, 0.15) is 31.3 Å². The van der Waals surface area contributed by atoms with Crippen LogP contribution in [0.3, 0.4) is 0 Å². The molecule has 2 amide bonds. The van der Waals surface area contributed by atoms with Crippen molar-refractivity contribution in [1.29, 1.82) is 0 Å². The molecule has 0 spiro atoms. The Morgan fingerprint density at radius 1 is 1.17 bits per heavy atom. The minimum atomic E-state index is -0.247. The quantitative estimate of drug-likeness (QED) is 0.769. The van der Waals surface area contributed by atoms with Gasteiger partial charge in [-0.1, -0.05) is 16.6 Å². The first kappa shape index (κ1) is 11.0. The minimum Gasteiger partial charge on any atom is -0.269 e. The summed E-state index contributed by atoms with van der Waals surface area (Å²) in [7, 11) is 0. The van der Waals surface area contributed by atoms with E-state index >= 15 is 0 Å². The van der Waals surface area contributed by atoms with E-state index in [2.05, 4.69) is 9.59 Å². The van der Waals surface area contributed by atoms with Crippen molar-refractivity contribution in [3.05, 3.63) is 46.0 Å². The molecule has 18 heavy (non-hydrogen) atoms. The Balaban J connectivity index is 1.95. The molecule has 3 rings (SSSR count). The zero-order chi connectivity index (χ0) is 12.7. The van der Waals surface area contributed by atoms with Crippen LogP contribution in [0.25, 0.3) is 0 Å². The van der Waals surface area contributed by atoms with E-state index < -0.39 is 0 Å². The molecule has 5 nitrogen and oxygen atoms in total. The Hall–Kier alpha value is -2.08. The Labute approximate surface area is 107 Å². The number of carbonyl (C=O) groups is 2. The van der Waals surface area contributed by atoms with Crippen molar-refractivity contribution in [1.82, 2.24) is 14.5 Å². The smallest absolute Gasteiger partial charge is 0.261 e. The Morgan fingerprint density at radius 3 is 2.28 bits per heavy atom. The fraction of sp³-hybridized carbons (Fsp3) is 0.167. The highest BCUT2D eigenvalue weighted by Gasteiger charge is 2.35. The second-order valence-electron chi connectivity index (χ2n) is 4.02. The first-order valence-corrected chi connectivity index (χ1v) is 6.19. The van der Waals surface area contributed by atoms with Gasteiger partial charge < -0.3 is 0 Å². The van der Waals surface area contributed by atoms with Crippen molar-refractivity contribution in [3.63, 3.8) is 0 Å². The molecule has 2 heterocycles. The number of aryl methyl sites for hydroxylation is 1. The highest BCUT2D eigenvalue weighted by molar-refractivity contribution is 7.05. The molecular weight excluding hydrogens is 250 g/mol. The molecule has 2 aromatic rings. The lowest BCUT2D eigenvalue weighted by Gasteiger charge is -2.11. The molecule has 0 atom stereocenters. The molecule has 0 fully saturated rings. The van der Waals surface area contributed by atoms with Gasteiger partial charge in [-0.05, 0) is 30.6 Å². The van der Waals surface area contributed by atoms with E-state index in [1.807, 2.05) is 6.92 Å². The first-order chi connectivity index (χ1) is 8.68. The maximum Gasteiger partial charge on any atom is 0.261 e. The first-order valence-electron chi connectivity index (χ1n) is 5.41. The van der Waals surface area contributed by atoms with Crippen molar-refractivity contribution in [2.45, 2.75) is 13.5 Å². The van der Waals surface area contributed by atoms with Crippen LogP contribution < -0.4 is 0 Å². The van der Waals surface area contributed by atoms with Gasteiger partial charge in [-0.2, -0.15) is 0 Å². The lowest BCUT2D eigenvalue weighted by molar-refractivity contribution is 0.0643. The molecular formula is C12H9N3O2S. The standard InChI is InChI=1S/C12H9N3O2S/c1-7-10(18-14-13-7)6-15-11(16)8-4-2-3-5-9(8)12(15)17/h2-5H,6H2,1H3. The third kappa shape index (κ3) is 1.53. The summed E-state index contributed by atoms with van der Waals surface area (Å²) in [5, 5.41) is 3.88. The van der Waals surface area contributed by atoms with Crippen LogP contribution in [0.15, 0.2) is 24.3 Å². The maximum absolute atomic E-state index is 12.1. The van der Waals surface area contributed by atoms with Gasteiger partial charge in [-0.25, -0.2) is 0 Å². The maximum atomic E-state index is 12.1. The molecule has 1 aromatic carbocycles. The number of imide groups is 1. The molecule has 90 valence electrons. The van der Waals surface area contributed by atoms with E-state index in [-0.39, 0.29) is 18.4 Å².